The zero-order valence-corrected chi connectivity index (χ0v) is 14.2. The number of halogens is 6. The first kappa shape index (κ1) is 19.8. The molecule has 2 saturated carbocycles. The SMILES string of the molecule is O=C(CC1CC(C(F)(F)F)C1)NC1(c2ccnc(OCC(F)(F)F)c2)CC1. The zero-order chi connectivity index (χ0) is 19.9. The zero-order valence-electron chi connectivity index (χ0n) is 14.2. The molecule has 0 aliphatic heterocycles. The van der Waals surface area contributed by atoms with Gasteiger partial charge < -0.3 is 10.1 Å². The second-order valence-corrected chi connectivity index (χ2v) is 7.20. The molecule has 0 aromatic carbocycles. The Kier molecular flexibility index (Phi) is 5.02. The number of nitrogens with zero attached hydrogens (tertiary/aromatic N) is 1. The van der Waals surface area contributed by atoms with Gasteiger partial charge in [0.1, 0.15) is 0 Å². The van der Waals surface area contributed by atoms with E-state index in [1.165, 1.54) is 12.3 Å². The Hall–Kier alpha value is -2.00. The third-order valence-electron chi connectivity index (χ3n) is 4.97. The molecule has 2 aliphatic rings. The summed E-state index contributed by atoms with van der Waals surface area (Å²) in [5.74, 6) is -2.18. The molecule has 27 heavy (non-hydrogen) atoms. The fourth-order valence-corrected chi connectivity index (χ4v) is 3.30. The number of amides is 1. The van der Waals surface area contributed by atoms with Gasteiger partial charge in [-0.15, -0.1) is 0 Å². The van der Waals surface area contributed by atoms with Crippen LogP contribution in [0.15, 0.2) is 18.3 Å². The highest BCUT2D eigenvalue weighted by Crippen LogP contribution is 2.48. The fourth-order valence-electron chi connectivity index (χ4n) is 3.30. The Morgan fingerprint density at radius 2 is 1.89 bits per heavy atom. The lowest BCUT2D eigenvalue weighted by Crippen LogP contribution is -2.40. The fraction of sp³-hybridized carbons (Fsp3) is 0.647. The number of carbonyl (C=O) groups excluding carboxylic acids is 1. The maximum absolute atomic E-state index is 12.5. The minimum atomic E-state index is -4.49. The van der Waals surface area contributed by atoms with Gasteiger partial charge in [-0.3, -0.25) is 4.79 Å². The summed E-state index contributed by atoms with van der Waals surface area (Å²) in [6.45, 7) is -1.47. The molecule has 1 amide bonds. The number of hydrogen-bond donors (Lipinski definition) is 1. The first-order valence-corrected chi connectivity index (χ1v) is 8.51. The number of carbonyl (C=O) groups is 1. The summed E-state index contributed by atoms with van der Waals surface area (Å²) in [6.07, 6.45) is -6.30. The molecule has 2 aliphatic carbocycles. The van der Waals surface area contributed by atoms with Crippen molar-refractivity contribution in [2.24, 2.45) is 11.8 Å². The third-order valence-corrected chi connectivity index (χ3v) is 4.97. The maximum Gasteiger partial charge on any atom is 0.422 e. The highest BCUT2D eigenvalue weighted by atomic mass is 19.4. The summed E-state index contributed by atoms with van der Waals surface area (Å²) in [6, 6.07) is 2.93. The predicted octanol–water partition coefficient (Wildman–Crippen LogP) is 4.11. The lowest BCUT2D eigenvalue weighted by molar-refractivity contribution is -0.205. The second kappa shape index (κ2) is 6.87. The molecular weight excluding hydrogens is 378 g/mol. The number of aromatic nitrogens is 1. The van der Waals surface area contributed by atoms with Crippen molar-refractivity contribution in [2.75, 3.05) is 6.61 Å². The molecule has 1 aromatic heterocycles. The molecule has 0 atom stereocenters. The standard InChI is InChI=1S/C17H18F6N2O2/c18-16(19,20)9-27-14-8-11(1-4-24-14)15(2-3-15)25-13(26)7-10-5-12(6-10)17(21,22)23/h1,4,8,10,12H,2-3,5-7,9H2,(H,25,26). The predicted molar refractivity (Wildman–Crippen MR) is 81.7 cm³/mol. The van der Waals surface area contributed by atoms with Gasteiger partial charge in [0.25, 0.3) is 0 Å². The van der Waals surface area contributed by atoms with Crippen LogP contribution in [0.5, 0.6) is 5.88 Å². The van der Waals surface area contributed by atoms with E-state index in [-0.39, 0.29) is 37.0 Å². The maximum atomic E-state index is 12.5. The van der Waals surface area contributed by atoms with Crippen LogP contribution in [0.4, 0.5) is 26.3 Å². The average molecular weight is 396 g/mol. The van der Waals surface area contributed by atoms with E-state index in [1.807, 2.05) is 0 Å². The summed E-state index contributed by atoms with van der Waals surface area (Å²) < 4.78 is 78.8. The van der Waals surface area contributed by atoms with Gasteiger partial charge >= 0.3 is 12.4 Å². The van der Waals surface area contributed by atoms with Crippen LogP contribution in [0, 0.1) is 11.8 Å². The van der Waals surface area contributed by atoms with Crippen LogP contribution < -0.4 is 10.1 Å². The van der Waals surface area contributed by atoms with Crippen LogP contribution in [0.1, 0.15) is 37.7 Å². The lowest BCUT2D eigenvalue weighted by Gasteiger charge is -2.36. The van der Waals surface area contributed by atoms with Gasteiger partial charge in [0, 0.05) is 18.7 Å². The van der Waals surface area contributed by atoms with Crippen LogP contribution in [0.3, 0.4) is 0 Å². The lowest BCUT2D eigenvalue weighted by atomic mass is 9.72. The van der Waals surface area contributed by atoms with Crippen molar-refractivity contribution < 1.29 is 35.9 Å². The van der Waals surface area contributed by atoms with Crippen molar-refractivity contribution in [3.63, 3.8) is 0 Å². The molecule has 0 bridgehead atoms. The monoisotopic (exact) mass is 396 g/mol. The summed E-state index contributed by atoms with van der Waals surface area (Å²) in [5, 5.41) is 2.81. The van der Waals surface area contributed by atoms with E-state index in [2.05, 4.69) is 15.0 Å². The number of pyridine rings is 1. The van der Waals surface area contributed by atoms with E-state index in [1.54, 1.807) is 6.07 Å². The molecule has 1 aromatic rings. The molecule has 2 fully saturated rings. The van der Waals surface area contributed by atoms with Gasteiger partial charge in [-0.05, 0) is 43.2 Å². The molecule has 0 saturated heterocycles. The molecule has 4 nitrogen and oxygen atoms in total. The molecular formula is C17H18F6N2O2. The Labute approximate surface area is 151 Å². The minimum Gasteiger partial charge on any atom is -0.468 e. The smallest absolute Gasteiger partial charge is 0.422 e. The quantitative estimate of drug-likeness (QED) is 0.737. The number of nitrogens with one attached hydrogen (secondary N) is 1. The number of hydrogen-bond acceptors (Lipinski definition) is 3. The van der Waals surface area contributed by atoms with Crippen LogP contribution in [0.2, 0.25) is 0 Å². The van der Waals surface area contributed by atoms with E-state index in [0.717, 1.165) is 0 Å². The van der Waals surface area contributed by atoms with Gasteiger partial charge in [0.05, 0.1) is 11.5 Å². The van der Waals surface area contributed by atoms with Gasteiger partial charge in [0.2, 0.25) is 11.8 Å². The molecule has 1 heterocycles. The Morgan fingerprint density at radius 1 is 1.22 bits per heavy atom. The van der Waals surface area contributed by atoms with Crippen molar-refractivity contribution in [3.05, 3.63) is 23.9 Å². The summed E-state index contributed by atoms with van der Waals surface area (Å²) >= 11 is 0. The molecule has 10 heteroatoms. The summed E-state index contributed by atoms with van der Waals surface area (Å²) in [5.41, 5.74) is -0.131. The molecule has 1 N–H and O–H groups in total. The van der Waals surface area contributed by atoms with Gasteiger partial charge in [-0.25, -0.2) is 4.98 Å². The van der Waals surface area contributed by atoms with Crippen LogP contribution >= 0.6 is 0 Å². The van der Waals surface area contributed by atoms with Gasteiger partial charge in [-0.1, -0.05) is 0 Å². The molecule has 0 unspecified atom stereocenters. The van der Waals surface area contributed by atoms with Crippen molar-refractivity contribution in [2.45, 2.75) is 50.0 Å². The van der Waals surface area contributed by atoms with Crippen molar-refractivity contribution >= 4 is 5.91 Å². The van der Waals surface area contributed by atoms with Crippen molar-refractivity contribution in [1.82, 2.24) is 10.3 Å². The highest BCUT2D eigenvalue weighted by molar-refractivity contribution is 5.78. The molecule has 150 valence electrons. The topological polar surface area (TPSA) is 51.2 Å². The minimum absolute atomic E-state index is 0.0108. The summed E-state index contributed by atoms with van der Waals surface area (Å²) in [4.78, 5) is 15.9. The van der Waals surface area contributed by atoms with Crippen LogP contribution in [-0.2, 0) is 10.3 Å². The molecule has 0 radical (unpaired) electrons. The van der Waals surface area contributed by atoms with Gasteiger partial charge in [-0.2, -0.15) is 26.3 Å². The van der Waals surface area contributed by atoms with E-state index < -0.39 is 30.4 Å². The van der Waals surface area contributed by atoms with Crippen molar-refractivity contribution in [1.29, 1.82) is 0 Å². The molecule has 0 spiro atoms. The van der Waals surface area contributed by atoms with Crippen LogP contribution in [0.25, 0.3) is 0 Å². The van der Waals surface area contributed by atoms with Crippen LogP contribution in [-0.4, -0.2) is 29.9 Å². The largest absolute Gasteiger partial charge is 0.468 e. The van der Waals surface area contributed by atoms with Gasteiger partial charge in [0.15, 0.2) is 6.61 Å². The number of ether oxygens (including phenoxy) is 1. The Morgan fingerprint density at radius 3 is 2.44 bits per heavy atom. The van der Waals surface area contributed by atoms with E-state index in [9.17, 15) is 31.1 Å². The first-order valence-electron chi connectivity index (χ1n) is 8.51. The third kappa shape index (κ3) is 5.04. The first-order chi connectivity index (χ1) is 12.5. The van der Waals surface area contributed by atoms with E-state index in [4.69, 9.17) is 0 Å². The Bertz CT molecular complexity index is 693. The van der Waals surface area contributed by atoms with Crippen molar-refractivity contribution in [3.8, 4) is 5.88 Å². The molecule has 3 rings (SSSR count). The number of alkyl halides is 6. The Balaban J connectivity index is 1.54. The second-order valence-electron chi connectivity index (χ2n) is 7.20. The van der Waals surface area contributed by atoms with E-state index >= 15 is 0 Å². The van der Waals surface area contributed by atoms with E-state index in [0.29, 0.717) is 18.4 Å². The number of rotatable bonds is 6. The summed E-state index contributed by atoms with van der Waals surface area (Å²) in [7, 11) is 0. The average Bonchev–Trinajstić information content (AvgIpc) is 3.28. The normalized spacial score (nSPS) is 24.1. The highest BCUT2D eigenvalue weighted by Gasteiger charge is 2.49.